The summed E-state index contributed by atoms with van der Waals surface area (Å²) in [5.41, 5.74) is 0.166. The lowest BCUT2D eigenvalue weighted by Crippen LogP contribution is -2.35. The van der Waals surface area contributed by atoms with E-state index < -0.39 is 21.0 Å². The van der Waals surface area contributed by atoms with Crippen molar-refractivity contribution in [2.75, 3.05) is 6.61 Å². The predicted molar refractivity (Wildman–Crippen MR) is 73.9 cm³/mol. The standard InChI is InChI=1S/C12H18N2O5S/c1-3-10(6-7-15)13-20(18,19)11-5-4-9(2)12(8-11)14(16)17/h4-5,8,10,13,15H,3,6-7H2,1-2H3. The number of nitro groups is 1. The van der Waals surface area contributed by atoms with Crippen LogP contribution in [0.1, 0.15) is 25.3 Å². The van der Waals surface area contributed by atoms with Gasteiger partial charge < -0.3 is 5.11 Å². The van der Waals surface area contributed by atoms with E-state index >= 15 is 0 Å². The molecule has 112 valence electrons. The molecule has 1 rings (SSSR count). The quantitative estimate of drug-likeness (QED) is 0.583. The van der Waals surface area contributed by atoms with Gasteiger partial charge in [-0.3, -0.25) is 10.1 Å². The highest BCUT2D eigenvalue weighted by molar-refractivity contribution is 7.89. The Morgan fingerprint density at radius 1 is 1.45 bits per heavy atom. The van der Waals surface area contributed by atoms with Crippen LogP contribution in [0.25, 0.3) is 0 Å². The molecule has 0 aliphatic heterocycles. The van der Waals surface area contributed by atoms with Gasteiger partial charge in [0.2, 0.25) is 10.0 Å². The molecule has 8 heteroatoms. The summed E-state index contributed by atoms with van der Waals surface area (Å²) in [4.78, 5) is 10.1. The van der Waals surface area contributed by atoms with Gasteiger partial charge in [-0.25, -0.2) is 13.1 Å². The molecule has 1 unspecified atom stereocenters. The van der Waals surface area contributed by atoms with Crippen molar-refractivity contribution >= 4 is 15.7 Å². The van der Waals surface area contributed by atoms with Crippen LogP contribution in [0.3, 0.4) is 0 Å². The fraction of sp³-hybridized carbons (Fsp3) is 0.500. The lowest BCUT2D eigenvalue weighted by molar-refractivity contribution is -0.385. The highest BCUT2D eigenvalue weighted by Crippen LogP contribution is 2.22. The monoisotopic (exact) mass is 302 g/mol. The van der Waals surface area contributed by atoms with Crippen molar-refractivity contribution in [3.63, 3.8) is 0 Å². The van der Waals surface area contributed by atoms with Crippen LogP contribution in [0.15, 0.2) is 23.1 Å². The van der Waals surface area contributed by atoms with Crippen LogP contribution in [0, 0.1) is 17.0 Å². The predicted octanol–water partition coefficient (Wildman–Crippen LogP) is 1.34. The zero-order chi connectivity index (χ0) is 15.3. The second-order valence-corrected chi connectivity index (χ2v) is 6.16. The highest BCUT2D eigenvalue weighted by Gasteiger charge is 2.22. The van der Waals surface area contributed by atoms with E-state index in [9.17, 15) is 18.5 Å². The highest BCUT2D eigenvalue weighted by atomic mass is 32.2. The number of aliphatic hydroxyl groups excluding tert-OH is 1. The lowest BCUT2D eigenvalue weighted by atomic mass is 10.2. The molecule has 7 nitrogen and oxygen atoms in total. The van der Waals surface area contributed by atoms with Crippen molar-refractivity contribution in [2.45, 2.75) is 37.6 Å². The van der Waals surface area contributed by atoms with E-state index in [-0.39, 0.29) is 17.2 Å². The Kier molecular flexibility index (Phi) is 5.61. The first-order valence-corrected chi connectivity index (χ1v) is 7.68. The maximum absolute atomic E-state index is 12.1. The van der Waals surface area contributed by atoms with Gasteiger partial charge in [-0.1, -0.05) is 13.0 Å². The number of sulfonamides is 1. The average molecular weight is 302 g/mol. The smallest absolute Gasteiger partial charge is 0.273 e. The summed E-state index contributed by atoms with van der Waals surface area (Å²) in [7, 11) is -3.83. The van der Waals surface area contributed by atoms with E-state index in [1.165, 1.54) is 12.1 Å². The van der Waals surface area contributed by atoms with Gasteiger partial charge in [-0.2, -0.15) is 0 Å². The second-order valence-electron chi connectivity index (χ2n) is 4.44. The molecule has 0 fully saturated rings. The molecular weight excluding hydrogens is 284 g/mol. The van der Waals surface area contributed by atoms with Crippen LogP contribution < -0.4 is 4.72 Å². The Bertz CT molecular complexity index is 586. The molecule has 0 aliphatic rings. The molecule has 0 spiro atoms. The maximum Gasteiger partial charge on any atom is 0.273 e. The minimum atomic E-state index is -3.83. The second kappa shape index (κ2) is 6.78. The number of hydrogen-bond acceptors (Lipinski definition) is 5. The fourth-order valence-electron chi connectivity index (χ4n) is 1.74. The Hall–Kier alpha value is -1.51. The average Bonchev–Trinajstić information content (AvgIpc) is 2.37. The SMILES string of the molecule is CCC(CCO)NS(=O)(=O)c1ccc(C)c([N+](=O)[O-])c1. The van der Waals surface area contributed by atoms with E-state index in [4.69, 9.17) is 5.11 Å². The normalized spacial score (nSPS) is 13.2. The Morgan fingerprint density at radius 3 is 2.60 bits per heavy atom. The van der Waals surface area contributed by atoms with Crippen molar-refractivity contribution in [2.24, 2.45) is 0 Å². The number of benzene rings is 1. The summed E-state index contributed by atoms with van der Waals surface area (Å²) in [6.07, 6.45) is 0.817. The van der Waals surface area contributed by atoms with Crippen LogP contribution in [0.4, 0.5) is 5.69 Å². The van der Waals surface area contributed by atoms with Crippen LogP contribution in [0.2, 0.25) is 0 Å². The fourth-order valence-corrected chi connectivity index (χ4v) is 3.12. The summed E-state index contributed by atoms with van der Waals surface area (Å²) in [5.74, 6) is 0. The van der Waals surface area contributed by atoms with Crippen molar-refractivity contribution < 1.29 is 18.4 Å². The van der Waals surface area contributed by atoms with E-state index in [1.54, 1.807) is 13.8 Å². The Morgan fingerprint density at radius 2 is 2.10 bits per heavy atom. The van der Waals surface area contributed by atoms with Crippen LogP contribution >= 0.6 is 0 Å². The van der Waals surface area contributed by atoms with E-state index in [2.05, 4.69) is 4.72 Å². The van der Waals surface area contributed by atoms with E-state index in [0.717, 1.165) is 6.07 Å². The molecule has 1 aromatic carbocycles. The molecule has 0 heterocycles. The molecule has 0 aliphatic carbocycles. The van der Waals surface area contributed by atoms with Crippen molar-refractivity contribution in [1.82, 2.24) is 4.72 Å². The third-order valence-electron chi connectivity index (χ3n) is 2.98. The van der Waals surface area contributed by atoms with Gasteiger partial charge >= 0.3 is 0 Å². The van der Waals surface area contributed by atoms with Crippen molar-refractivity contribution in [1.29, 1.82) is 0 Å². The molecule has 0 saturated heterocycles. The zero-order valence-electron chi connectivity index (χ0n) is 11.4. The molecule has 0 bridgehead atoms. The van der Waals surface area contributed by atoms with Crippen LogP contribution in [-0.2, 0) is 10.0 Å². The van der Waals surface area contributed by atoms with Gasteiger partial charge in [0, 0.05) is 24.3 Å². The molecular formula is C12H18N2O5S. The molecule has 1 atom stereocenters. The summed E-state index contributed by atoms with van der Waals surface area (Å²) in [6, 6.07) is 3.38. The maximum atomic E-state index is 12.1. The molecule has 20 heavy (non-hydrogen) atoms. The number of nitro benzene ring substituents is 1. The van der Waals surface area contributed by atoms with E-state index in [0.29, 0.717) is 18.4 Å². The number of aliphatic hydroxyl groups is 1. The number of nitrogens with one attached hydrogen (secondary N) is 1. The summed E-state index contributed by atoms with van der Waals surface area (Å²) in [5, 5.41) is 19.7. The van der Waals surface area contributed by atoms with Gasteiger partial charge in [0.05, 0.1) is 9.82 Å². The molecule has 2 N–H and O–H groups in total. The Labute approximate surface area is 117 Å². The first kappa shape index (κ1) is 16.5. The third-order valence-corrected chi connectivity index (χ3v) is 4.50. The number of nitrogens with zero attached hydrogens (tertiary/aromatic N) is 1. The third kappa shape index (κ3) is 3.99. The largest absolute Gasteiger partial charge is 0.396 e. The first-order valence-electron chi connectivity index (χ1n) is 6.20. The number of rotatable bonds is 7. The van der Waals surface area contributed by atoms with Crippen LogP contribution in [-0.4, -0.2) is 31.1 Å². The molecule has 0 amide bonds. The van der Waals surface area contributed by atoms with Gasteiger partial charge in [-0.05, 0) is 25.8 Å². The van der Waals surface area contributed by atoms with Gasteiger partial charge in [0.15, 0.2) is 0 Å². The molecule has 1 aromatic rings. The van der Waals surface area contributed by atoms with Crippen LogP contribution in [0.5, 0.6) is 0 Å². The van der Waals surface area contributed by atoms with E-state index in [1.807, 2.05) is 0 Å². The summed E-state index contributed by atoms with van der Waals surface area (Å²) in [6.45, 7) is 3.21. The van der Waals surface area contributed by atoms with Gasteiger partial charge in [0.25, 0.3) is 5.69 Å². The summed E-state index contributed by atoms with van der Waals surface area (Å²) < 4.78 is 26.7. The first-order chi connectivity index (χ1) is 9.31. The Balaban J connectivity index is 3.09. The topological polar surface area (TPSA) is 110 Å². The number of aryl methyl sites for hydroxylation is 1. The minimum absolute atomic E-state index is 0.130. The molecule has 0 saturated carbocycles. The lowest BCUT2D eigenvalue weighted by Gasteiger charge is -2.16. The molecule has 0 aromatic heterocycles. The van der Waals surface area contributed by atoms with Gasteiger partial charge in [0.1, 0.15) is 0 Å². The number of hydrogen-bond donors (Lipinski definition) is 2. The minimum Gasteiger partial charge on any atom is -0.396 e. The molecule has 0 radical (unpaired) electrons. The summed E-state index contributed by atoms with van der Waals surface area (Å²) >= 11 is 0. The zero-order valence-corrected chi connectivity index (χ0v) is 12.2. The van der Waals surface area contributed by atoms with Crippen molar-refractivity contribution in [3.05, 3.63) is 33.9 Å². The van der Waals surface area contributed by atoms with Crippen molar-refractivity contribution in [3.8, 4) is 0 Å². The van der Waals surface area contributed by atoms with Gasteiger partial charge in [-0.15, -0.1) is 0 Å².